The topological polar surface area (TPSA) is 19.4 Å². The van der Waals surface area contributed by atoms with Crippen molar-refractivity contribution in [2.24, 2.45) is 0 Å². The predicted octanol–water partition coefficient (Wildman–Crippen LogP) is 5.02. The number of anilines is 1. The van der Waals surface area contributed by atoms with E-state index in [1.54, 1.807) is 6.07 Å². The third-order valence-electron chi connectivity index (χ3n) is 5.27. The zero-order chi connectivity index (χ0) is 19.2. The van der Waals surface area contributed by atoms with Gasteiger partial charge in [0.2, 0.25) is 0 Å². The van der Waals surface area contributed by atoms with Crippen molar-refractivity contribution in [3.63, 3.8) is 0 Å². The summed E-state index contributed by atoms with van der Waals surface area (Å²) < 4.78 is 14.7. The van der Waals surface area contributed by atoms with Gasteiger partial charge in [-0.05, 0) is 53.8 Å². The van der Waals surface area contributed by atoms with Gasteiger partial charge in [0.25, 0.3) is 0 Å². The van der Waals surface area contributed by atoms with Crippen LogP contribution in [-0.2, 0) is 19.6 Å². The van der Waals surface area contributed by atoms with Gasteiger partial charge in [0, 0.05) is 45.1 Å². The molecule has 3 nitrogen and oxygen atoms in total. The van der Waals surface area contributed by atoms with Gasteiger partial charge in [-0.2, -0.15) is 0 Å². The van der Waals surface area contributed by atoms with E-state index in [2.05, 4.69) is 45.1 Å². The fourth-order valence-electron chi connectivity index (χ4n) is 3.88. The highest BCUT2D eigenvalue weighted by Crippen LogP contribution is 2.25. The van der Waals surface area contributed by atoms with Crippen molar-refractivity contribution in [1.29, 1.82) is 0 Å². The maximum Gasteiger partial charge on any atom is 0.146 e. The van der Waals surface area contributed by atoms with Crippen molar-refractivity contribution < 1.29 is 4.39 Å². The molecule has 1 aromatic heterocycles. The van der Waals surface area contributed by atoms with Crippen LogP contribution >= 0.6 is 0 Å². The molecule has 0 N–H and O–H groups in total. The van der Waals surface area contributed by atoms with Crippen molar-refractivity contribution in [3.8, 4) is 0 Å². The molecule has 1 saturated heterocycles. The van der Waals surface area contributed by atoms with E-state index in [4.69, 9.17) is 0 Å². The second-order valence-corrected chi connectivity index (χ2v) is 7.47. The first kappa shape index (κ1) is 18.6. The Labute approximate surface area is 166 Å². The Kier molecular flexibility index (Phi) is 5.98. The molecule has 4 heteroatoms. The molecule has 2 aromatic carbocycles. The van der Waals surface area contributed by atoms with Gasteiger partial charge in [0.05, 0.1) is 5.69 Å². The molecule has 0 bridgehead atoms. The first-order valence-electron chi connectivity index (χ1n) is 9.96. The number of halogens is 1. The minimum atomic E-state index is -0.108. The van der Waals surface area contributed by atoms with Gasteiger partial charge in [-0.15, -0.1) is 0 Å². The van der Waals surface area contributed by atoms with E-state index in [0.29, 0.717) is 6.54 Å². The fraction of sp³-hybridized carbons (Fsp3) is 0.292. The van der Waals surface area contributed by atoms with Crippen LogP contribution < -0.4 is 4.90 Å². The summed E-state index contributed by atoms with van der Waals surface area (Å²) in [7, 11) is 0. The second kappa shape index (κ2) is 8.98. The number of rotatable bonds is 7. The van der Waals surface area contributed by atoms with E-state index < -0.39 is 0 Å². The maximum atomic E-state index is 14.7. The zero-order valence-electron chi connectivity index (χ0n) is 16.1. The smallest absolute Gasteiger partial charge is 0.146 e. The van der Waals surface area contributed by atoms with Crippen LogP contribution in [0.4, 0.5) is 10.1 Å². The van der Waals surface area contributed by atoms with Crippen LogP contribution in [0.15, 0.2) is 73.1 Å². The monoisotopic (exact) mass is 375 g/mol. The minimum absolute atomic E-state index is 0.108. The SMILES string of the molecule is Fc1cc(CN(Cc2ccccc2)Cc2ccncc2)ccc1N1CCCC1. The molecule has 1 fully saturated rings. The molecule has 28 heavy (non-hydrogen) atoms. The van der Waals surface area contributed by atoms with Gasteiger partial charge in [0.1, 0.15) is 5.82 Å². The van der Waals surface area contributed by atoms with Gasteiger partial charge in [-0.25, -0.2) is 4.39 Å². The summed E-state index contributed by atoms with van der Waals surface area (Å²) in [6.45, 7) is 4.23. The Morgan fingerprint density at radius 3 is 2.11 bits per heavy atom. The lowest BCUT2D eigenvalue weighted by Gasteiger charge is -2.24. The predicted molar refractivity (Wildman–Crippen MR) is 111 cm³/mol. The molecule has 0 unspecified atom stereocenters. The number of hydrogen-bond acceptors (Lipinski definition) is 3. The first-order valence-corrected chi connectivity index (χ1v) is 9.96. The van der Waals surface area contributed by atoms with Crippen LogP contribution in [0.3, 0.4) is 0 Å². The molecule has 0 radical (unpaired) electrons. The molecule has 0 saturated carbocycles. The Bertz CT molecular complexity index is 835. The Morgan fingerprint density at radius 2 is 1.43 bits per heavy atom. The Hall–Kier alpha value is -2.72. The number of nitrogens with zero attached hydrogens (tertiary/aromatic N) is 3. The molecular formula is C24H26FN3. The average molecular weight is 375 g/mol. The molecule has 1 aliphatic heterocycles. The van der Waals surface area contributed by atoms with Crippen molar-refractivity contribution in [1.82, 2.24) is 9.88 Å². The van der Waals surface area contributed by atoms with Gasteiger partial charge in [-0.1, -0.05) is 36.4 Å². The van der Waals surface area contributed by atoms with Crippen LogP contribution in [-0.4, -0.2) is 23.0 Å². The lowest BCUT2D eigenvalue weighted by molar-refractivity contribution is 0.247. The number of benzene rings is 2. The molecule has 1 aliphatic rings. The van der Waals surface area contributed by atoms with Crippen LogP contribution in [0.2, 0.25) is 0 Å². The summed E-state index contributed by atoms with van der Waals surface area (Å²) in [4.78, 5) is 8.60. The first-order chi connectivity index (χ1) is 13.8. The van der Waals surface area contributed by atoms with Crippen LogP contribution in [0.1, 0.15) is 29.5 Å². The third kappa shape index (κ3) is 4.76. The Morgan fingerprint density at radius 1 is 0.786 bits per heavy atom. The summed E-state index contributed by atoms with van der Waals surface area (Å²) in [5.74, 6) is -0.108. The summed E-state index contributed by atoms with van der Waals surface area (Å²) in [6.07, 6.45) is 5.94. The molecule has 144 valence electrons. The standard InChI is InChI=1S/C24H26FN3/c25-23-16-22(8-9-24(23)28-14-4-5-15-28)19-27(17-20-6-2-1-3-7-20)18-21-10-12-26-13-11-21/h1-3,6-13,16H,4-5,14-15,17-19H2. The zero-order valence-corrected chi connectivity index (χ0v) is 16.1. The van der Waals surface area contributed by atoms with Crippen molar-refractivity contribution >= 4 is 5.69 Å². The highest BCUT2D eigenvalue weighted by molar-refractivity contribution is 5.49. The molecular weight excluding hydrogens is 349 g/mol. The quantitative estimate of drug-likeness (QED) is 0.578. The van der Waals surface area contributed by atoms with Crippen molar-refractivity contribution in [2.45, 2.75) is 32.5 Å². The second-order valence-electron chi connectivity index (χ2n) is 7.47. The van der Waals surface area contributed by atoms with E-state index in [1.165, 1.54) is 11.1 Å². The summed E-state index contributed by atoms with van der Waals surface area (Å²) >= 11 is 0. The van der Waals surface area contributed by atoms with Crippen LogP contribution in [0, 0.1) is 5.82 Å². The van der Waals surface area contributed by atoms with Gasteiger partial charge in [0.15, 0.2) is 0 Å². The van der Waals surface area contributed by atoms with E-state index in [0.717, 1.165) is 50.3 Å². The van der Waals surface area contributed by atoms with E-state index in [9.17, 15) is 4.39 Å². The average Bonchev–Trinajstić information content (AvgIpc) is 3.24. The molecule has 2 heterocycles. The van der Waals surface area contributed by atoms with E-state index >= 15 is 0 Å². The summed E-state index contributed by atoms with van der Waals surface area (Å²) in [5.41, 5.74) is 4.21. The van der Waals surface area contributed by atoms with Gasteiger partial charge < -0.3 is 4.90 Å². The maximum absolute atomic E-state index is 14.7. The summed E-state index contributed by atoms with van der Waals surface area (Å²) in [6, 6.07) is 20.2. The molecule has 0 spiro atoms. The molecule has 0 aliphatic carbocycles. The number of pyridine rings is 1. The van der Waals surface area contributed by atoms with E-state index in [-0.39, 0.29) is 5.82 Å². The van der Waals surface area contributed by atoms with Crippen molar-refractivity contribution in [2.75, 3.05) is 18.0 Å². The largest absolute Gasteiger partial charge is 0.369 e. The number of hydrogen-bond donors (Lipinski definition) is 0. The van der Waals surface area contributed by atoms with Crippen LogP contribution in [0.25, 0.3) is 0 Å². The third-order valence-corrected chi connectivity index (χ3v) is 5.27. The molecule has 3 aromatic rings. The normalized spacial score (nSPS) is 14.0. The van der Waals surface area contributed by atoms with Gasteiger partial charge >= 0.3 is 0 Å². The van der Waals surface area contributed by atoms with Crippen LogP contribution in [0.5, 0.6) is 0 Å². The fourth-order valence-corrected chi connectivity index (χ4v) is 3.88. The Balaban J connectivity index is 1.51. The molecule has 0 atom stereocenters. The lowest BCUT2D eigenvalue weighted by Crippen LogP contribution is -2.23. The molecule has 0 amide bonds. The summed E-state index contributed by atoms with van der Waals surface area (Å²) in [5, 5.41) is 0. The van der Waals surface area contributed by atoms with Crippen molar-refractivity contribution in [3.05, 3.63) is 95.6 Å². The molecule has 4 rings (SSSR count). The highest BCUT2D eigenvalue weighted by Gasteiger charge is 2.17. The van der Waals surface area contributed by atoms with Gasteiger partial charge in [-0.3, -0.25) is 9.88 Å². The number of aromatic nitrogens is 1. The minimum Gasteiger partial charge on any atom is -0.369 e. The highest BCUT2D eigenvalue weighted by atomic mass is 19.1. The van der Waals surface area contributed by atoms with E-state index in [1.807, 2.05) is 36.7 Å². The lowest BCUT2D eigenvalue weighted by atomic mass is 10.1.